The number of rotatable bonds is 8. The summed E-state index contributed by atoms with van der Waals surface area (Å²) in [5.41, 5.74) is 5.36. The molecule has 4 aromatic carbocycles. The largest absolute Gasteiger partial charge is 0.342 e. The second-order valence-corrected chi connectivity index (χ2v) is 15.6. The standard InChI is InChI=1S/C46H42F2N6O4/c1-29(31-6-8-32(9-7-31)33-10-12-35(47)13-11-33)52-41-27-36(48)14-15-40(41)53(46(52)58)37-19-24-51(25-20-37)43(55)34-17-22-50(23-18-34)28-30-16-21-49-42(26-30)54-44(56)38-4-2-3-5-39(38)45(54)57/h2-16,21,26-27,29,34,37H,17-20,22-25,28H2,1H3. The van der Waals surface area contributed by atoms with Gasteiger partial charge in [-0.2, -0.15) is 0 Å². The van der Waals surface area contributed by atoms with Gasteiger partial charge in [0, 0.05) is 37.8 Å². The number of carbonyl (C=O) groups excluding carboxylic acids is 3. The van der Waals surface area contributed by atoms with Gasteiger partial charge in [-0.3, -0.25) is 28.4 Å². The first-order valence-corrected chi connectivity index (χ1v) is 19.9. The number of anilines is 1. The van der Waals surface area contributed by atoms with Crippen LogP contribution in [0, 0.1) is 17.6 Å². The maximum atomic E-state index is 14.7. The van der Waals surface area contributed by atoms with E-state index >= 15 is 0 Å². The first-order valence-electron chi connectivity index (χ1n) is 19.9. The van der Waals surface area contributed by atoms with Crippen molar-refractivity contribution in [2.24, 2.45) is 5.92 Å². The van der Waals surface area contributed by atoms with Crippen molar-refractivity contribution in [1.82, 2.24) is 23.9 Å². The number of halogens is 2. The molecular weight excluding hydrogens is 739 g/mol. The molecule has 2 aromatic heterocycles. The van der Waals surface area contributed by atoms with Gasteiger partial charge in [0.15, 0.2) is 0 Å². The molecule has 1 unspecified atom stereocenters. The predicted molar refractivity (Wildman–Crippen MR) is 216 cm³/mol. The van der Waals surface area contributed by atoms with Gasteiger partial charge < -0.3 is 4.90 Å². The van der Waals surface area contributed by atoms with Crippen LogP contribution in [-0.2, 0) is 11.3 Å². The van der Waals surface area contributed by atoms with E-state index < -0.39 is 5.82 Å². The van der Waals surface area contributed by atoms with Crippen LogP contribution < -0.4 is 10.6 Å². The molecular formula is C46H42F2N6O4. The number of fused-ring (bicyclic) bond motifs is 2. The van der Waals surface area contributed by atoms with Crippen molar-refractivity contribution in [3.05, 3.63) is 154 Å². The van der Waals surface area contributed by atoms with E-state index in [1.165, 1.54) is 24.3 Å². The topological polar surface area (TPSA) is 101 Å². The summed E-state index contributed by atoms with van der Waals surface area (Å²) in [6.45, 7) is 5.07. The van der Waals surface area contributed by atoms with Gasteiger partial charge >= 0.3 is 5.69 Å². The lowest BCUT2D eigenvalue weighted by Gasteiger charge is -2.37. The molecule has 1 atom stereocenters. The minimum atomic E-state index is -0.421. The summed E-state index contributed by atoms with van der Waals surface area (Å²) in [4.78, 5) is 63.8. The average molecular weight is 781 g/mol. The predicted octanol–water partition coefficient (Wildman–Crippen LogP) is 7.63. The Morgan fingerprint density at radius 3 is 2.00 bits per heavy atom. The van der Waals surface area contributed by atoms with Gasteiger partial charge in [-0.25, -0.2) is 23.5 Å². The molecule has 10 nitrogen and oxygen atoms in total. The quantitative estimate of drug-likeness (QED) is 0.147. The normalized spacial score (nSPS) is 17.3. The molecule has 6 aromatic rings. The van der Waals surface area contributed by atoms with Crippen molar-refractivity contribution in [2.75, 3.05) is 31.1 Å². The van der Waals surface area contributed by atoms with E-state index in [0.717, 1.165) is 53.1 Å². The molecule has 0 radical (unpaired) electrons. The van der Waals surface area contributed by atoms with E-state index in [2.05, 4.69) is 9.88 Å². The van der Waals surface area contributed by atoms with Crippen molar-refractivity contribution < 1.29 is 23.2 Å². The summed E-state index contributed by atoms with van der Waals surface area (Å²) >= 11 is 0. The second kappa shape index (κ2) is 15.2. The van der Waals surface area contributed by atoms with E-state index in [0.29, 0.717) is 60.5 Å². The first kappa shape index (κ1) is 37.3. The van der Waals surface area contributed by atoms with Crippen LogP contribution in [0.2, 0.25) is 0 Å². The van der Waals surface area contributed by atoms with Gasteiger partial charge in [0.05, 0.1) is 28.2 Å². The summed E-state index contributed by atoms with van der Waals surface area (Å²) < 4.78 is 31.6. The number of benzene rings is 4. The van der Waals surface area contributed by atoms with E-state index in [9.17, 15) is 28.0 Å². The zero-order chi connectivity index (χ0) is 40.1. The Bertz CT molecular complexity index is 2570. The lowest BCUT2D eigenvalue weighted by molar-refractivity contribution is -0.138. The molecule has 58 heavy (non-hydrogen) atoms. The van der Waals surface area contributed by atoms with E-state index in [-0.39, 0.29) is 47.2 Å². The number of imidazole rings is 1. The summed E-state index contributed by atoms with van der Waals surface area (Å²) in [5, 5.41) is 0. The number of imide groups is 1. The van der Waals surface area contributed by atoms with Crippen LogP contribution in [0.4, 0.5) is 14.6 Å². The number of hydrogen-bond donors (Lipinski definition) is 0. The third-order valence-corrected chi connectivity index (χ3v) is 12.1. The van der Waals surface area contributed by atoms with Crippen molar-refractivity contribution >= 4 is 34.6 Å². The van der Waals surface area contributed by atoms with Crippen LogP contribution in [-0.4, -0.2) is 67.8 Å². The van der Waals surface area contributed by atoms with Gasteiger partial charge in [0.25, 0.3) is 11.8 Å². The number of amides is 3. The molecule has 3 aliphatic heterocycles. The monoisotopic (exact) mass is 780 g/mol. The summed E-state index contributed by atoms with van der Waals surface area (Å²) in [6, 6.07) is 28.5. The fourth-order valence-electron chi connectivity index (χ4n) is 8.97. The molecule has 0 bridgehead atoms. The number of hydrogen-bond acceptors (Lipinski definition) is 6. The van der Waals surface area contributed by atoms with Crippen molar-refractivity contribution in [2.45, 2.75) is 51.2 Å². The Morgan fingerprint density at radius 1 is 0.724 bits per heavy atom. The van der Waals surface area contributed by atoms with Crippen LogP contribution in [0.1, 0.15) is 76.5 Å². The molecule has 3 amide bonds. The number of likely N-dealkylation sites (tertiary alicyclic amines) is 2. The number of pyridine rings is 1. The van der Waals surface area contributed by atoms with Crippen molar-refractivity contribution in [3.63, 3.8) is 0 Å². The maximum absolute atomic E-state index is 14.7. The SMILES string of the molecule is CC(c1ccc(-c2ccc(F)cc2)cc1)n1c(=O)n(C2CCN(C(=O)C3CCN(Cc4ccnc(N5C(=O)c6ccccc6C5=O)c4)CC3)CC2)c2ccc(F)cc21. The summed E-state index contributed by atoms with van der Waals surface area (Å²) in [5.74, 6) is -1.12. The lowest BCUT2D eigenvalue weighted by Crippen LogP contribution is -2.46. The molecule has 0 aliphatic carbocycles. The van der Waals surface area contributed by atoms with Crippen LogP contribution in [0.3, 0.4) is 0 Å². The molecule has 0 spiro atoms. The minimum absolute atomic E-state index is 0.0953. The van der Waals surface area contributed by atoms with E-state index in [4.69, 9.17) is 0 Å². The fraction of sp³-hybridized carbons (Fsp3) is 0.283. The number of carbonyl (C=O) groups is 3. The molecule has 294 valence electrons. The molecule has 0 saturated carbocycles. The first-order chi connectivity index (χ1) is 28.1. The Morgan fingerprint density at radius 2 is 1.34 bits per heavy atom. The van der Waals surface area contributed by atoms with Crippen LogP contribution in [0.5, 0.6) is 0 Å². The number of nitrogens with zero attached hydrogens (tertiary/aromatic N) is 6. The Labute approximate surface area is 333 Å². The van der Waals surface area contributed by atoms with Gasteiger partial charge in [-0.1, -0.05) is 48.5 Å². The molecule has 5 heterocycles. The average Bonchev–Trinajstić information content (AvgIpc) is 3.68. The van der Waals surface area contributed by atoms with Gasteiger partial charge in [-0.05, 0) is 123 Å². The van der Waals surface area contributed by atoms with Gasteiger partial charge in [0.2, 0.25) is 5.91 Å². The molecule has 3 aliphatic rings. The molecule has 9 rings (SSSR count). The molecule has 0 N–H and O–H groups in total. The third kappa shape index (κ3) is 6.81. The van der Waals surface area contributed by atoms with Crippen LogP contribution in [0.15, 0.2) is 114 Å². The van der Waals surface area contributed by atoms with Crippen LogP contribution >= 0.6 is 0 Å². The summed E-state index contributed by atoms with van der Waals surface area (Å²) in [6.07, 6.45) is 4.28. The Kier molecular flexibility index (Phi) is 9.81. The second-order valence-electron chi connectivity index (χ2n) is 15.6. The summed E-state index contributed by atoms with van der Waals surface area (Å²) in [7, 11) is 0. The smallest absolute Gasteiger partial charge is 0.329 e. The van der Waals surface area contributed by atoms with Gasteiger partial charge in [0.1, 0.15) is 17.5 Å². The highest BCUT2D eigenvalue weighted by molar-refractivity contribution is 6.34. The Balaban J connectivity index is 0.831. The highest BCUT2D eigenvalue weighted by Gasteiger charge is 2.38. The zero-order valence-corrected chi connectivity index (χ0v) is 32.1. The van der Waals surface area contributed by atoms with E-state index in [1.807, 2.05) is 42.2 Å². The highest BCUT2D eigenvalue weighted by atomic mass is 19.1. The van der Waals surface area contributed by atoms with Crippen molar-refractivity contribution in [1.29, 1.82) is 0 Å². The number of aromatic nitrogens is 3. The van der Waals surface area contributed by atoms with Crippen LogP contribution in [0.25, 0.3) is 22.2 Å². The third-order valence-electron chi connectivity index (χ3n) is 12.1. The van der Waals surface area contributed by atoms with Gasteiger partial charge in [-0.15, -0.1) is 0 Å². The molecule has 2 saturated heterocycles. The molecule has 2 fully saturated rings. The Hall–Kier alpha value is -6.27. The lowest BCUT2D eigenvalue weighted by atomic mass is 9.93. The minimum Gasteiger partial charge on any atom is -0.342 e. The maximum Gasteiger partial charge on any atom is 0.329 e. The number of piperidine rings is 2. The highest BCUT2D eigenvalue weighted by Crippen LogP contribution is 2.33. The fourth-order valence-corrected chi connectivity index (χ4v) is 8.97. The zero-order valence-electron chi connectivity index (χ0n) is 32.1. The van der Waals surface area contributed by atoms with Crippen molar-refractivity contribution in [3.8, 4) is 11.1 Å². The molecule has 12 heteroatoms. The van der Waals surface area contributed by atoms with E-state index in [1.54, 1.807) is 63.9 Å².